The van der Waals surface area contributed by atoms with Gasteiger partial charge in [-0.1, -0.05) is 61.7 Å². The molecule has 1 unspecified atom stereocenters. The van der Waals surface area contributed by atoms with Crippen LogP contribution >= 0.6 is 0 Å². The number of carbonyl (C=O) groups excluding carboxylic acids is 1. The molecule has 1 atom stereocenters. The predicted octanol–water partition coefficient (Wildman–Crippen LogP) is 4.83. The van der Waals surface area contributed by atoms with Gasteiger partial charge >= 0.3 is 5.76 Å². The quantitative estimate of drug-likeness (QED) is 0.319. The van der Waals surface area contributed by atoms with E-state index in [4.69, 9.17) is 14.5 Å². The summed E-state index contributed by atoms with van der Waals surface area (Å²) >= 11 is 0. The van der Waals surface area contributed by atoms with E-state index >= 15 is 0 Å². The minimum absolute atomic E-state index is 0.128. The van der Waals surface area contributed by atoms with E-state index in [-0.39, 0.29) is 23.5 Å². The van der Waals surface area contributed by atoms with Crippen molar-refractivity contribution in [3.63, 3.8) is 0 Å². The zero-order chi connectivity index (χ0) is 26.2. The summed E-state index contributed by atoms with van der Waals surface area (Å²) in [6.07, 6.45) is 8.16. The van der Waals surface area contributed by atoms with Gasteiger partial charge < -0.3 is 9.88 Å². The lowest BCUT2D eigenvalue weighted by Crippen LogP contribution is -2.31. The first-order valence-corrected chi connectivity index (χ1v) is 13.7. The Morgan fingerprint density at radius 3 is 2.53 bits per heavy atom. The molecule has 0 radical (unpaired) electrons. The number of anilines is 1. The molecular weight excluding hydrogens is 482 g/mol. The lowest BCUT2D eigenvalue weighted by Gasteiger charge is -2.32. The number of imidazole rings is 1. The fourth-order valence-electron chi connectivity index (χ4n) is 5.68. The van der Waals surface area contributed by atoms with Crippen LogP contribution in [-0.2, 0) is 6.54 Å². The van der Waals surface area contributed by atoms with Crippen LogP contribution in [0, 0.1) is 17.8 Å². The third-order valence-electron chi connectivity index (χ3n) is 8.29. The Kier molecular flexibility index (Phi) is 6.55. The molecular formula is C28H33N7O3. The van der Waals surface area contributed by atoms with Gasteiger partial charge in [0.1, 0.15) is 5.52 Å². The van der Waals surface area contributed by atoms with Crippen molar-refractivity contribution in [1.29, 1.82) is 0 Å². The van der Waals surface area contributed by atoms with Crippen molar-refractivity contribution >= 4 is 22.8 Å². The van der Waals surface area contributed by atoms with Crippen molar-refractivity contribution in [3.05, 3.63) is 52.3 Å². The molecule has 0 aliphatic heterocycles. The molecule has 2 N–H and O–H groups in total. The third kappa shape index (κ3) is 4.75. The normalized spacial score (nSPS) is 20.8. The highest BCUT2D eigenvalue weighted by atomic mass is 16.5. The minimum Gasteiger partial charge on any atom is -0.365 e. The fourth-order valence-corrected chi connectivity index (χ4v) is 5.68. The highest BCUT2D eigenvalue weighted by Gasteiger charge is 2.30. The first kappa shape index (κ1) is 24.5. The van der Waals surface area contributed by atoms with E-state index in [1.807, 2.05) is 34.9 Å². The maximum absolute atomic E-state index is 13.8. The van der Waals surface area contributed by atoms with E-state index in [1.54, 1.807) is 0 Å². The van der Waals surface area contributed by atoms with Crippen LogP contribution in [0.2, 0.25) is 0 Å². The first-order chi connectivity index (χ1) is 18.5. The largest absolute Gasteiger partial charge is 0.439 e. The van der Waals surface area contributed by atoms with Gasteiger partial charge in [-0.15, -0.1) is 0 Å². The second kappa shape index (κ2) is 10.2. The SMILES string of the molecule is CC1CCC(Cn2c(C(=O)c3ccccc3)nc3nc(-c4noc(=O)[nH]4)nc(NC(C)C4CCC4)c32)CC1. The number of carbonyl (C=O) groups is 1. The number of H-pyrrole nitrogens is 1. The number of rotatable bonds is 8. The Morgan fingerprint density at radius 2 is 1.87 bits per heavy atom. The molecule has 2 fully saturated rings. The zero-order valence-corrected chi connectivity index (χ0v) is 21.8. The van der Waals surface area contributed by atoms with Crippen molar-refractivity contribution < 1.29 is 9.32 Å². The first-order valence-electron chi connectivity index (χ1n) is 13.7. The van der Waals surface area contributed by atoms with Gasteiger partial charge in [-0.05, 0) is 50.4 Å². The van der Waals surface area contributed by atoms with Gasteiger partial charge in [0.15, 0.2) is 17.3 Å². The summed E-state index contributed by atoms with van der Waals surface area (Å²) in [7, 11) is 0. The monoisotopic (exact) mass is 515 g/mol. The summed E-state index contributed by atoms with van der Waals surface area (Å²) in [6, 6.07) is 9.40. The van der Waals surface area contributed by atoms with E-state index in [9.17, 15) is 9.59 Å². The van der Waals surface area contributed by atoms with Crippen LogP contribution < -0.4 is 11.1 Å². The van der Waals surface area contributed by atoms with Gasteiger partial charge in [-0.3, -0.25) is 14.3 Å². The standard InChI is InChI=1S/C28H33N7O3/c1-16-11-13-18(14-12-16)15-35-21-23(29-17(2)19-9-6-10-19)30-25(26-33-28(37)38-34-26)31-24(21)32-27(35)22(36)20-7-4-3-5-8-20/h3-5,7-8,16-19H,6,9-15H2,1-2H3,(H,29,30,31)(H,33,34,37). The molecule has 3 heterocycles. The molecule has 3 aromatic heterocycles. The lowest BCUT2D eigenvalue weighted by molar-refractivity contribution is 0.102. The van der Waals surface area contributed by atoms with Gasteiger partial charge in [0, 0.05) is 18.2 Å². The van der Waals surface area contributed by atoms with Crippen LogP contribution in [-0.4, -0.2) is 41.5 Å². The summed E-state index contributed by atoms with van der Waals surface area (Å²) in [5, 5.41) is 7.40. The molecule has 0 bridgehead atoms. The van der Waals surface area contributed by atoms with Crippen LogP contribution in [0.1, 0.15) is 75.0 Å². The van der Waals surface area contributed by atoms with Gasteiger partial charge in [0.05, 0.1) is 0 Å². The smallest absolute Gasteiger partial charge is 0.365 e. The number of ketones is 1. The van der Waals surface area contributed by atoms with Crippen molar-refractivity contribution in [3.8, 4) is 11.6 Å². The fraction of sp³-hybridized carbons (Fsp3) is 0.500. The Bertz CT molecular complexity index is 1490. The molecule has 2 aliphatic rings. The Morgan fingerprint density at radius 1 is 1.11 bits per heavy atom. The summed E-state index contributed by atoms with van der Waals surface area (Å²) in [5.74, 6) is 2.16. The third-order valence-corrected chi connectivity index (χ3v) is 8.29. The van der Waals surface area contributed by atoms with Crippen molar-refractivity contribution in [2.45, 2.75) is 71.4 Å². The Hall–Kier alpha value is -3.82. The van der Waals surface area contributed by atoms with E-state index in [0.29, 0.717) is 46.8 Å². The van der Waals surface area contributed by atoms with E-state index in [1.165, 1.54) is 32.1 Å². The number of nitrogens with one attached hydrogen (secondary N) is 2. The van der Waals surface area contributed by atoms with Gasteiger partial charge in [0.2, 0.25) is 17.4 Å². The summed E-state index contributed by atoms with van der Waals surface area (Å²) in [4.78, 5) is 42.2. The second-order valence-corrected chi connectivity index (χ2v) is 11.0. The van der Waals surface area contributed by atoms with Crippen LogP contribution in [0.4, 0.5) is 5.82 Å². The number of fused-ring (bicyclic) bond motifs is 1. The Balaban J connectivity index is 1.50. The highest BCUT2D eigenvalue weighted by Crippen LogP contribution is 2.35. The number of nitrogens with zero attached hydrogens (tertiary/aromatic N) is 5. The lowest BCUT2D eigenvalue weighted by atomic mass is 9.80. The number of aromatic nitrogens is 6. The molecule has 1 aromatic carbocycles. The van der Waals surface area contributed by atoms with Crippen molar-refractivity contribution in [2.24, 2.45) is 17.8 Å². The molecule has 4 aromatic rings. The van der Waals surface area contributed by atoms with Crippen LogP contribution in [0.5, 0.6) is 0 Å². The predicted molar refractivity (Wildman–Crippen MR) is 143 cm³/mol. The number of hydrogen-bond acceptors (Lipinski definition) is 8. The van der Waals surface area contributed by atoms with Gasteiger partial charge in [0.25, 0.3) is 0 Å². The molecule has 2 aliphatic carbocycles. The average Bonchev–Trinajstić information content (AvgIpc) is 3.48. The van der Waals surface area contributed by atoms with E-state index < -0.39 is 5.76 Å². The molecule has 0 amide bonds. The van der Waals surface area contributed by atoms with E-state index in [2.05, 4.69) is 34.3 Å². The van der Waals surface area contributed by atoms with Gasteiger partial charge in [-0.25, -0.2) is 19.7 Å². The molecule has 10 nitrogen and oxygen atoms in total. The van der Waals surface area contributed by atoms with Crippen LogP contribution in [0.25, 0.3) is 22.8 Å². The van der Waals surface area contributed by atoms with Crippen molar-refractivity contribution in [2.75, 3.05) is 5.32 Å². The van der Waals surface area contributed by atoms with Crippen LogP contribution in [0.15, 0.2) is 39.6 Å². The van der Waals surface area contributed by atoms with Gasteiger partial charge in [-0.2, -0.15) is 0 Å². The number of hydrogen-bond donors (Lipinski definition) is 2. The second-order valence-electron chi connectivity index (χ2n) is 11.0. The van der Waals surface area contributed by atoms with Crippen LogP contribution in [0.3, 0.4) is 0 Å². The molecule has 0 spiro atoms. The maximum atomic E-state index is 13.8. The topological polar surface area (TPSA) is 132 Å². The molecule has 6 rings (SSSR count). The molecule has 38 heavy (non-hydrogen) atoms. The Labute approximate surface area is 220 Å². The molecule has 0 saturated heterocycles. The van der Waals surface area contributed by atoms with Crippen molar-refractivity contribution in [1.82, 2.24) is 29.7 Å². The number of benzene rings is 1. The molecule has 10 heteroatoms. The zero-order valence-electron chi connectivity index (χ0n) is 21.8. The highest BCUT2D eigenvalue weighted by molar-refractivity contribution is 6.08. The molecule has 2 saturated carbocycles. The summed E-state index contributed by atoms with van der Waals surface area (Å²) in [6.45, 7) is 5.14. The number of aromatic amines is 1. The minimum atomic E-state index is -0.682. The summed E-state index contributed by atoms with van der Waals surface area (Å²) < 4.78 is 6.73. The average molecular weight is 516 g/mol. The molecule has 198 valence electrons. The maximum Gasteiger partial charge on any atom is 0.439 e. The summed E-state index contributed by atoms with van der Waals surface area (Å²) in [5.41, 5.74) is 1.68. The van der Waals surface area contributed by atoms with E-state index in [0.717, 1.165) is 18.8 Å².